The van der Waals surface area contributed by atoms with Crippen LogP contribution in [0.1, 0.15) is 22.8 Å². The van der Waals surface area contributed by atoms with E-state index in [1.807, 2.05) is 61.5 Å². The summed E-state index contributed by atoms with van der Waals surface area (Å²) in [5.74, 6) is 0.906. The number of allylic oxidation sites excluding steroid dienone is 1. The zero-order valence-corrected chi connectivity index (χ0v) is 11.9. The van der Waals surface area contributed by atoms with Crippen LogP contribution in [0.3, 0.4) is 0 Å². The van der Waals surface area contributed by atoms with E-state index < -0.39 is 0 Å². The smallest absolute Gasteiger partial charge is 0.200 e. The van der Waals surface area contributed by atoms with E-state index in [9.17, 15) is 4.79 Å². The van der Waals surface area contributed by atoms with Crippen molar-refractivity contribution in [2.75, 3.05) is 6.61 Å². The second kappa shape index (κ2) is 5.55. The van der Waals surface area contributed by atoms with E-state index in [2.05, 4.69) is 0 Å². The van der Waals surface area contributed by atoms with Crippen molar-refractivity contribution in [2.45, 2.75) is 11.8 Å². The molecule has 1 heterocycles. The number of Topliss-reactive ketones (excluding diaryl/α,β-unsaturated/α-hetero) is 1. The van der Waals surface area contributed by atoms with Crippen LogP contribution in [0.5, 0.6) is 5.75 Å². The molecule has 100 valence electrons. The fraction of sp³-hybridized carbons (Fsp3) is 0.118. The van der Waals surface area contributed by atoms with Gasteiger partial charge < -0.3 is 4.74 Å². The zero-order chi connectivity index (χ0) is 13.9. The van der Waals surface area contributed by atoms with Crippen molar-refractivity contribution in [1.29, 1.82) is 0 Å². The van der Waals surface area contributed by atoms with E-state index >= 15 is 0 Å². The van der Waals surface area contributed by atoms with E-state index in [0.29, 0.717) is 6.61 Å². The van der Waals surface area contributed by atoms with Crippen LogP contribution >= 0.6 is 11.8 Å². The molecule has 2 aromatic carbocycles. The largest absolute Gasteiger partial charge is 0.493 e. The highest BCUT2D eigenvalue weighted by Crippen LogP contribution is 2.41. The molecular formula is C17H14O2S. The summed E-state index contributed by atoms with van der Waals surface area (Å²) in [7, 11) is 0. The standard InChI is InChI=1S/C17H14O2S/c1-2-19-14-9-5-3-7-12(14)11-16-17(18)13-8-4-6-10-15(13)20-16/h3-11H,2H2,1H3/b16-11+. The molecule has 0 aliphatic carbocycles. The average molecular weight is 282 g/mol. The highest BCUT2D eigenvalue weighted by atomic mass is 32.2. The summed E-state index contributed by atoms with van der Waals surface area (Å²) in [5, 5.41) is 0. The van der Waals surface area contributed by atoms with Crippen molar-refractivity contribution in [2.24, 2.45) is 0 Å². The third-order valence-electron chi connectivity index (χ3n) is 3.08. The molecule has 0 aromatic heterocycles. The topological polar surface area (TPSA) is 26.3 Å². The maximum absolute atomic E-state index is 12.3. The van der Waals surface area contributed by atoms with Crippen molar-refractivity contribution in [3.8, 4) is 5.75 Å². The van der Waals surface area contributed by atoms with Crippen molar-refractivity contribution in [3.05, 3.63) is 64.6 Å². The number of carbonyl (C=O) groups is 1. The average Bonchev–Trinajstić information content (AvgIpc) is 2.79. The van der Waals surface area contributed by atoms with Gasteiger partial charge in [-0.15, -0.1) is 0 Å². The van der Waals surface area contributed by atoms with Gasteiger partial charge in [0, 0.05) is 16.0 Å². The van der Waals surface area contributed by atoms with E-state index in [1.165, 1.54) is 11.8 Å². The monoisotopic (exact) mass is 282 g/mol. The Hall–Kier alpha value is -2.00. The van der Waals surface area contributed by atoms with E-state index in [-0.39, 0.29) is 5.78 Å². The normalized spacial score (nSPS) is 15.4. The summed E-state index contributed by atoms with van der Waals surface area (Å²) in [6, 6.07) is 15.5. The van der Waals surface area contributed by atoms with Crippen molar-refractivity contribution in [3.63, 3.8) is 0 Å². The number of ketones is 1. The fourth-order valence-corrected chi connectivity index (χ4v) is 3.21. The minimum absolute atomic E-state index is 0.0944. The maximum atomic E-state index is 12.3. The lowest BCUT2D eigenvalue weighted by Crippen LogP contribution is -1.96. The van der Waals surface area contributed by atoms with Gasteiger partial charge in [-0.2, -0.15) is 0 Å². The van der Waals surface area contributed by atoms with Crippen LogP contribution in [-0.2, 0) is 0 Å². The molecule has 3 rings (SSSR count). The molecule has 0 saturated heterocycles. The molecule has 0 bridgehead atoms. The van der Waals surface area contributed by atoms with Crippen LogP contribution in [-0.4, -0.2) is 12.4 Å². The first-order chi connectivity index (χ1) is 9.79. The summed E-state index contributed by atoms with van der Waals surface area (Å²) < 4.78 is 5.59. The first-order valence-electron chi connectivity index (χ1n) is 6.54. The molecule has 0 fully saturated rings. The number of hydrogen-bond acceptors (Lipinski definition) is 3. The molecule has 1 aliphatic heterocycles. The second-order valence-electron chi connectivity index (χ2n) is 4.41. The van der Waals surface area contributed by atoms with E-state index in [4.69, 9.17) is 4.74 Å². The van der Waals surface area contributed by atoms with Gasteiger partial charge in [0.1, 0.15) is 5.75 Å². The van der Waals surface area contributed by atoms with Crippen LogP contribution in [0.25, 0.3) is 6.08 Å². The first kappa shape index (κ1) is 13.0. The van der Waals surface area contributed by atoms with Crippen molar-refractivity contribution in [1.82, 2.24) is 0 Å². The molecule has 0 saturated carbocycles. The van der Waals surface area contributed by atoms with Crippen molar-refractivity contribution >= 4 is 23.6 Å². The van der Waals surface area contributed by atoms with Crippen LogP contribution < -0.4 is 4.74 Å². The molecule has 20 heavy (non-hydrogen) atoms. The van der Waals surface area contributed by atoms with Crippen LogP contribution in [0.2, 0.25) is 0 Å². The van der Waals surface area contributed by atoms with Crippen molar-refractivity contribution < 1.29 is 9.53 Å². The van der Waals surface area contributed by atoms with Gasteiger partial charge in [-0.05, 0) is 31.2 Å². The van der Waals surface area contributed by atoms with Crippen LogP contribution in [0.15, 0.2) is 58.3 Å². The molecule has 0 unspecified atom stereocenters. The predicted octanol–water partition coefficient (Wildman–Crippen LogP) is 4.41. The van der Waals surface area contributed by atoms with Gasteiger partial charge in [0.05, 0.1) is 11.5 Å². The minimum Gasteiger partial charge on any atom is -0.493 e. The molecule has 1 aliphatic rings. The van der Waals surface area contributed by atoms with Gasteiger partial charge in [0.25, 0.3) is 0 Å². The van der Waals surface area contributed by atoms with Gasteiger partial charge in [-0.1, -0.05) is 42.1 Å². The van der Waals surface area contributed by atoms with Gasteiger partial charge in [0.2, 0.25) is 5.78 Å². The summed E-state index contributed by atoms with van der Waals surface area (Å²) in [6.07, 6.45) is 1.91. The molecule has 0 amide bonds. The van der Waals surface area contributed by atoms with Crippen LogP contribution in [0, 0.1) is 0 Å². The maximum Gasteiger partial charge on any atom is 0.200 e. The number of rotatable bonds is 3. The Labute approximate surface area is 122 Å². The number of thioether (sulfide) groups is 1. The Morgan fingerprint density at radius 2 is 1.85 bits per heavy atom. The summed E-state index contributed by atoms with van der Waals surface area (Å²) >= 11 is 1.52. The van der Waals surface area contributed by atoms with Gasteiger partial charge >= 0.3 is 0 Å². The minimum atomic E-state index is 0.0944. The lowest BCUT2D eigenvalue weighted by molar-refractivity contribution is 0.104. The zero-order valence-electron chi connectivity index (χ0n) is 11.1. The molecule has 0 radical (unpaired) electrons. The predicted molar refractivity (Wildman–Crippen MR) is 82.2 cm³/mol. The number of fused-ring (bicyclic) bond motifs is 1. The highest BCUT2D eigenvalue weighted by molar-refractivity contribution is 8.04. The third kappa shape index (κ3) is 2.37. The summed E-state index contributed by atoms with van der Waals surface area (Å²) in [6.45, 7) is 2.57. The Kier molecular flexibility index (Phi) is 3.61. The first-order valence-corrected chi connectivity index (χ1v) is 7.36. The number of para-hydroxylation sites is 1. The molecule has 2 nitrogen and oxygen atoms in total. The Bertz CT molecular complexity index is 689. The highest BCUT2D eigenvalue weighted by Gasteiger charge is 2.25. The molecular weight excluding hydrogens is 268 g/mol. The molecule has 2 aromatic rings. The number of benzene rings is 2. The van der Waals surface area contributed by atoms with E-state index in [1.54, 1.807) is 0 Å². The molecule has 3 heteroatoms. The van der Waals surface area contributed by atoms with Gasteiger partial charge in [0.15, 0.2) is 0 Å². The Morgan fingerprint density at radius 1 is 1.10 bits per heavy atom. The summed E-state index contributed by atoms with van der Waals surface area (Å²) in [5.41, 5.74) is 1.73. The van der Waals surface area contributed by atoms with Crippen LogP contribution in [0.4, 0.5) is 0 Å². The number of ether oxygens (including phenoxy) is 1. The molecule has 0 atom stereocenters. The van der Waals surface area contributed by atoms with Gasteiger partial charge in [-0.3, -0.25) is 4.79 Å². The fourth-order valence-electron chi connectivity index (χ4n) is 2.16. The molecule has 0 N–H and O–H groups in total. The Balaban J connectivity index is 1.97. The number of carbonyl (C=O) groups excluding carboxylic acids is 1. The third-order valence-corrected chi connectivity index (χ3v) is 4.18. The van der Waals surface area contributed by atoms with E-state index in [0.717, 1.165) is 26.7 Å². The lowest BCUT2D eigenvalue weighted by Gasteiger charge is -2.06. The number of hydrogen-bond donors (Lipinski definition) is 0. The quantitative estimate of drug-likeness (QED) is 0.780. The SMILES string of the molecule is CCOc1ccccc1/C=C1/Sc2ccccc2C1=O. The Morgan fingerprint density at radius 3 is 2.65 bits per heavy atom. The lowest BCUT2D eigenvalue weighted by atomic mass is 10.1. The van der Waals surface area contributed by atoms with Gasteiger partial charge in [-0.25, -0.2) is 0 Å². The molecule has 0 spiro atoms. The summed E-state index contributed by atoms with van der Waals surface area (Å²) in [4.78, 5) is 14.1. The second-order valence-corrected chi connectivity index (χ2v) is 5.49.